The summed E-state index contributed by atoms with van der Waals surface area (Å²) in [4.78, 5) is 11.9. The predicted molar refractivity (Wildman–Crippen MR) is 252 cm³/mol. The first-order chi connectivity index (χ1) is 28.8. The standard InChI is InChI=1S/C33H22O2.C13H8O.2C3H8.2C2H6/c34-27-15-11-21-17-25(13-9-23(21)19-27)33(26-14-10-24-20-28(35)16-12-22(24)18-26)31-7-3-1-5-29(31)30-6-2-4-8-32(30)33;14-13-11-7-3-1-5-9(11)10-6-2-4-8-12(10)13;2*1-3-2;2*1-2/h1-20,34-35H;1-8H;2*3H2,1-2H3;2*1-2H3. The van der Waals surface area contributed by atoms with E-state index in [0.717, 1.165) is 43.8 Å². The number of hydrogen-bond acceptors (Lipinski definition) is 3. The number of aromatic hydroxyl groups is 2. The minimum Gasteiger partial charge on any atom is -0.508 e. The number of phenolic OH excluding ortho intramolecular Hbond substituents is 2. The molecule has 3 nitrogen and oxygen atoms in total. The summed E-state index contributed by atoms with van der Waals surface area (Å²) in [6.07, 6.45) is 2.50. The van der Waals surface area contributed by atoms with Crippen LogP contribution in [0.25, 0.3) is 43.8 Å². The van der Waals surface area contributed by atoms with Crippen LogP contribution >= 0.6 is 0 Å². The normalized spacial score (nSPS) is 11.8. The number of phenols is 2. The SMILES string of the molecule is CC.CC.CCC.CCC.O=C1c2ccccc2-c2ccccc21.Oc1ccc2cc(C3(c4ccc5cc(O)ccc5c4)c4ccccc4-c4ccccc43)ccc2c1. The second kappa shape index (κ2) is 20.3. The van der Waals surface area contributed by atoms with Gasteiger partial charge in [0.15, 0.2) is 5.78 Å². The zero-order valence-electron chi connectivity index (χ0n) is 35.9. The number of ketones is 1. The molecule has 0 spiro atoms. The minimum atomic E-state index is -0.495. The van der Waals surface area contributed by atoms with Crippen LogP contribution in [-0.2, 0) is 5.41 Å². The maximum absolute atomic E-state index is 11.9. The van der Waals surface area contributed by atoms with E-state index in [0.29, 0.717) is 0 Å². The van der Waals surface area contributed by atoms with Crippen LogP contribution in [0.2, 0.25) is 0 Å². The van der Waals surface area contributed by atoms with Gasteiger partial charge in [0.2, 0.25) is 0 Å². The Morgan fingerprint density at radius 3 is 1.03 bits per heavy atom. The third kappa shape index (κ3) is 8.57. The first-order valence-corrected chi connectivity index (χ1v) is 21.2. The first-order valence-electron chi connectivity index (χ1n) is 21.2. The van der Waals surface area contributed by atoms with E-state index < -0.39 is 5.41 Å². The monoisotopic (exact) mass is 778 g/mol. The van der Waals surface area contributed by atoms with Crippen LogP contribution in [0.5, 0.6) is 11.5 Å². The lowest BCUT2D eigenvalue weighted by atomic mass is 9.67. The van der Waals surface area contributed by atoms with Crippen LogP contribution in [0.1, 0.15) is 106 Å². The van der Waals surface area contributed by atoms with Gasteiger partial charge in [0.25, 0.3) is 0 Å². The number of benzene rings is 8. The Balaban J connectivity index is 0.000000228. The minimum absolute atomic E-state index is 0.149. The van der Waals surface area contributed by atoms with Gasteiger partial charge in [0.05, 0.1) is 5.41 Å². The molecule has 0 saturated carbocycles. The summed E-state index contributed by atoms with van der Waals surface area (Å²) >= 11 is 0. The van der Waals surface area contributed by atoms with Crippen LogP contribution in [-0.4, -0.2) is 16.0 Å². The predicted octanol–water partition coefficient (Wildman–Crippen LogP) is 15.6. The summed E-state index contributed by atoms with van der Waals surface area (Å²) in [6.45, 7) is 16.5. The molecule has 59 heavy (non-hydrogen) atoms. The number of rotatable bonds is 2. The highest BCUT2D eigenvalue weighted by Crippen LogP contribution is 2.56. The quantitative estimate of drug-likeness (QED) is 0.184. The summed E-state index contributed by atoms with van der Waals surface area (Å²) in [5, 5.41) is 24.2. The molecular formula is C56H58O3. The average Bonchev–Trinajstić information content (AvgIpc) is 3.75. The maximum atomic E-state index is 11.9. The van der Waals surface area contributed by atoms with E-state index in [-0.39, 0.29) is 17.3 Å². The third-order valence-corrected chi connectivity index (χ3v) is 10.1. The highest BCUT2D eigenvalue weighted by atomic mass is 16.3. The Morgan fingerprint density at radius 1 is 0.373 bits per heavy atom. The molecule has 0 atom stereocenters. The Bertz CT molecular complexity index is 2470. The van der Waals surface area contributed by atoms with Gasteiger partial charge in [-0.15, -0.1) is 0 Å². The molecule has 0 aromatic heterocycles. The van der Waals surface area contributed by atoms with Crippen LogP contribution in [0.4, 0.5) is 0 Å². The molecule has 8 aromatic carbocycles. The van der Waals surface area contributed by atoms with Gasteiger partial charge in [-0.25, -0.2) is 0 Å². The number of fused-ring (bicyclic) bond motifs is 8. The van der Waals surface area contributed by atoms with Gasteiger partial charge in [-0.05, 0) is 102 Å². The molecule has 2 aliphatic carbocycles. The average molecular weight is 779 g/mol. The molecule has 0 heterocycles. The first kappa shape index (κ1) is 43.7. The van der Waals surface area contributed by atoms with E-state index in [1.54, 1.807) is 12.1 Å². The molecule has 0 aliphatic heterocycles. The second-order valence-electron chi connectivity index (χ2n) is 14.2. The van der Waals surface area contributed by atoms with E-state index >= 15 is 0 Å². The van der Waals surface area contributed by atoms with Gasteiger partial charge in [0.1, 0.15) is 11.5 Å². The number of carbonyl (C=O) groups excluding carboxylic acids is 1. The lowest BCUT2D eigenvalue weighted by molar-refractivity contribution is 0.104. The zero-order chi connectivity index (χ0) is 42.5. The van der Waals surface area contributed by atoms with Crippen molar-refractivity contribution in [1.29, 1.82) is 0 Å². The molecule has 0 unspecified atom stereocenters. The molecule has 2 aliphatic rings. The summed E-state index contributed by atoms with van der Waals surface area (Å²) in [5.41, 5.74) is 10.7. The van der Waals surface area contributed by atoms with E-state index in [2.05, 4.69) is 113 Å². The van der Waals surface area contributed by atoms with E-state index in [9.17, 15) is 15.0 Å². The lowest BCUT2D eigenvalue weighted by Crippen LogP contribution is -2.28. The van der Waals surface area contributed by atoms with Gasteiger partial charge in [-0.3, -0.25) is 4.79 Å². The Hall–Kier alpha value is -6.45. The molecule has 3 heteroatoms. The highest BCUT2D eigenvalue weighted by molar-refractivity contribution is 6.21. The van der Waals surface area contributed by atoms with E-state index in [1.165, 1.54) is 46.2 Å². The van der Waals surface area contributed by atoms with Crippen molar-refractivity contribution in [3.63, 3.8) is 0 Å². The Labute approximate surface area is 351 Å². The molecule has 0 radical (unpaired) electrons. The van der Waals surface area contributed by atoms with Gasteiger partial charge in [0, 0.05) is 11.1 Å². The fraction of sp³-hybridized carbons (Fsp3) is 0.196. The highest BCUT2D eigenvalue weighted by Gasteiger charge is 2.46. The maximum Gasteiger partial charge on any atom is 0.194 e. The summed E-state index contributed by atoms with van der Waals surface area (Å²) in [5.74, 6) is 0.694. The lowest BCUT2D eigenvalue weighted by Gasteiger charge is -2.34. The number of carbonyl (C=O) groups is 1. The molecule has 10 rings (SSSR count). The zero-order valence-corrected chi connectivity index (χ0v) is 35.9. The van der Waals surface area contributed by atoms with Crippen molar-refractivity contribution in [2.24, 2.45) is 0 Å². The molecule has 0 fully saturated rings. The molecule has 8 aromatic rings. The largest absolute Gasteiger partial charge is 0.508 e. The molecule has 0 bridgehead atoms. The van der Waals surface area contributed by atoms with Crippen LogP contribution in [0, 0.1) is 0 Å². The van der Waals surface area contributed by atoms with Crippen molar-refractivity contribution in [2.45, 2.75) is 73.6 Å². The third-order valence-electron chi connectivity index (χ3n) is 10.1. The van der Waals surface area contributed by atoms with Crippen molar-refractivity contribution in [3.8, 4) is 33.8 Å². The summed E-state index contributed by atoms with van der Waals surface area (Å²) < 4.78 is 0. The topological polar surface area (TPSA) is 57.5 Å². The van der Waals surface area contributed by atoms with Crippen molar-refractivity contribution < 1.29 is 15.0 Å². The van der Waals surface area contributed by atoms with Gasteiger partial charge in [-0.1, -0.05) is 202 Å². The van der Waals surface area contributed by atoms with Crippen LogP contribution in [0.15, 0.2) is 170 Å². The Kier molecular flexibility index (Phi) is 15.0. The van der Waals surface area contributed by atoms with Crippen molar-refractivity contribution in [2.75, 3.05) is 0 Å². The smallest absolute Gasteiger partial charge is 0.194 e. The summed E-state index contributed by atoms with van der Waals surface area (Å²) in [6, 6.07) is 57.1. The molecule has 0 amide bonds. The molecule has 0 saturated heterocycles. The molecular weight excluding hydrogens is 721 g/mol. The summed E-state index contributed by atoms with van der Waals surface area (Å²) in [7, 11) is 0. The van der Waals surface area contributed by atoms with Crippen molar-refractivity contribution >= 4 is 27.3 Å². The van der Waals surface area contributed by atoms with Crippen LogP contribution in [0.3, 0.4) is 0 Å². The molecule has 2 N–H and O–H groups in total. The van der Waals surface area contributed by atoms with Gasteiger partial charge in [-0.2, -0.15) is 0 Å². The van der Waals surface area contributed by atoms with E-state index in [1.807, 2.05) is 100 Å². The van der Waals surface area contributed by atoms with Gasteiger partial charge < -0.3 is 10.2 Å². The number of hydrogen-bond donors (Lipinski definition) is 2. The van der Waals surface area contributed by atoms with Crippen molar-refractivity contribution in [3.05, 3.63) is 203 Å². The fourth-order valence-corrected chi connectivity index (χ4v) is 7.93. The van der Waals surface area contributed by atoms with Crippen LogP contribution < -0.4 is 0 Å². The Morgan fingerprint density at radius 2 is 0.661 bits per heavy atom. The van der Waals surface area contributed by atoms with Gasteiger partial charge >= 0.3 is 0 Å². The second-order valence-corrected chi connectivity index (χ2v) is 14.2. The molecule has 300 valence electrons. The fourth-order valence-electron chi connectivity index (χ4n) is 7.93. The van der Waals surface area contributed by atoms with E-state index in [4.69, 9.17) is 0 Å². The van der Waals surface area contributed by atoms with Crippen molar-refractivity contribution in [1.82, 2.24) is 0 Å².